The molecule has 0 aliphatic heterocycles. The zero-order valence-electron chi connectivity index (χ0n) is 14.7. The summed E-state index contributed by atoms with van der Waals surface area (Å²) in [6.07, 6.45) is 2.88. The molecule has 0 saturated heterocycles. The van der Waals surface area contributed by atoms with E-state index in [0.29, 0.717) is 30.6 Å². The Labute approximate surface area is 140 Å². The molecule has 0 aliphatic rings. The minimum atomic E-state index is -0.555. The van der Waals surface area contributed by atoms with Gasteiger partial charge in [-0.1, -0.05) is 26.0 Å². The zero-order chi connectivity index (χ0) is 17.2. The molecule has 0 fully saturated rings. The molecule has 23 heavy (non-hydrogen) atoms. The summed E-state index contributed by atoms with van der Waals surface area (Å²) in [6.45, 7) is 9.22. The van der Waals surface area contributed by atoms with Crippen LogP contribution < -0.4 is 9.47 Å². The van der Waals surface area contributed by atoms with Gasteiger partial charge in [0.15, 0.2) is 11.5 Å². The predicted octanol–water partition coefficient (Wildman–Crippen LogP) is 3.99. The highest BCUT2D eigenvalue weighted by Gasteiger charge is 2.24. The smallest absolute Gasteiger partial charge is 0.161 e. The average molecular weight is 322 g/mol. The number of allylic oxidation sites excluding steroid dienone is 1. The number of methoxy groups -OCH3 is 2. The molecule has 1 unspecified atom stereocenters. The first-order valence-electron chi connectivity index (χ1n) is 8.13. The lowest BCUT2D eigenvalue weighted by Gasteiger charge is -2.26. The summed E-state index contributed by atoms with van der Waals surface area (Å²) >= 11 is 0. The Hall–Kier alpha value is -1.52. The van der Waals surface area contributed by atoms with E-state index in [2.05, 4.69) is 20.4 Å². The Morgan fingerprint density at radius 2 is 1.91 bits per heavy atom. The molecule has 1 aromatic carbocycles. The van der Waals surface area contributed by atoms with E-state index in [1.165, 1.54) is 0 Å². The van der Waals surface area contributed by atoms with Crippen molar-refractivity contribution in [3.05, 3.63) is 36.4 Å². The fourth-order valence-electron chi connectivity index (χ4n) is 2.58. The van der Waals surface area contributed by atoms with Gasteiger partial charge in [0.1, 0.15) is 0 Å². The monoisotopic (exact) mass is 322 g/mol. The van der Waals surface area contributed by atoms with Crippen molar-refractivity contribution in [2.75, 3.05) is 27.4 Å². The van der Waals surface area contributed by atoms with Crippen LogP contribution in [0.15, 0.2) is 30.9 Å². The van der Waals surface area contributed by atoms with E-state index in [1.807, 2.05) is 24.3 Å². The first-order valence-corrected chi connectivity index (χ1v) is 8.13. The van der Waals surface area contributed by atoms with Crippen molar-refractivity contribution in [2.45, 2.75) is 32.8 Å². The highest BCUT2D eigenvalue weighted by atomic mass is 16.5. The summed E-state index contributed by atoms with van der Waals surface area (Å²) in [7, 11) is 3.28. The van der Waals surface area contributed by atoms with Crippen LogP contribution in [0.25, 0.3) is 0 Å². The Bertz CT molecular complexity index is 470. The van der Waals surface area contributed by atoms with E-state index in [0.717, 1.165) is 18.4 Å². The van der Waals surface area contributed by atoms with Crippen molar-refractivity contribution < 1.29 is 19.3 Å². The molecule has 4 nitrogen and oxygen atoms in total. The minimum Gasteiger partial charge on any atom is -0.493 e. The van der Waals surface area contributed by atoms with Gasteiger partial charge in [0.05, 0.1) is 19.8 Å². The average Bonchev–Trinajstić information content (AvgIpc) is 2.55. The molecule has 0 spiro atoms. The molecule has 4 heteroatoms. The van der Waals surface area contributed by atoms with Gasteiger partial charge in [-0.15, -0.1) is 6.58 Å². The minimum absolute atomic E-state index is 0.127. The number of aliphatic hydroxyl groups excluding tert-OH is 1. The molecule has 1 rings (SSSR count). The molecule has 0 saturated carbocycles. The zero-order valence-corrected chi connectivity index (χ0v) is 14.7. The van der Waals surface area contributed by atoms with Crippen molar-refractivity contribution in [1.82, 2.24) is 0 Å². The highest BCUT2D eigenvalue weighted by molar-refractivity contribution is 5.43. The predicted molar refractivity (Wildman–Crippen MR) is 93.1 cm³/mol. The molecule has 130 valence electrons. The van der Waals surface area contributed by atoms with Crippen molar-refractivity contribution >= 4 is 0 Å². The van der Waals surface area contributed by atoms with Crippen molar-refractivity contribution in [3.8, 4) is 11.5 Å². The topological polar surface area (TPSA) is 47.9 Å². The molecule has 0 heterocycles. The second-order valence-electron chi connectivity index (χ2n) is 5.98. The van der Waals surface area contributed by atoms with Gasteiger partial charge in [0.2, 0.25) is 0 Å². The van der Waals surface area contributed by atoms with Gasteiger partial charge in [-0.25, -0.2) is 0 Å². The highest BCUT2D eigenvalue weighted by Crippen LogP contribution is 2.36. The summed E-state index contributed by atoms with van der Waals surface area (Å²) in [5.74, 6) is 1.81. The summed E-state index contributed by atoms with van der Waals surface area (Å²) in [4.78, 5) is 0. The SMILES string of the molecule is C=CC[C@@H](C(C)C)C(O)c1ccc(OC)c(OCCCOC)c1. The summed E-state index contributed by atoms with van der Waals surface area (Å²) < 4.78 is 16.1. The molecule has 2 atom stereocenters. The molecule has 1 aromatic rings. The molecular weight excluding hydrogens is 292 g/mol. The van der Waals surface area contributed by atoms with Crippen LogP contribution in [-0.2, 0) is 4.74 Å². The lowest BCUT2D eigenvalue weighted by Crippen LogP contribution is -2.18. The number of aliphatic hydroxyl groups is 1. The van der Waals surface area contributed by atoms with Crippen molar-refractivity contribution in [1.29, 1.82) is 0 Å². The van der Waals surface area contributed by atoms with E-state index in [4.69, 9.17) is 14.2 Å². The van der Waals surface area contributed by atoms with Crippen LogP contribution in [0.4, 0.5) is 0 Å². The van der Waals surface area contributed by atoms with E-state index in [-0.39, 0.29) is 5.92 Å². The van der Waals surface area contributed by atoms with Gasteiger partial charge in [-0.3, -0.25) is 0 Å². The van der Waals surface area contributed by atoms with Crippen LogP contribution >= 0.6 is 0 Å². The lowest BCUT2D eigenvalue weighted by atomic mass is 9.84. The van der Waals surface area contributed by atoms with Crippen LogP contribution in [0.5, 0.6) is 11.5 Å². The van der Waals surface area contributed by atoms with Gasteiger partial charge in [0.25, 0.3) is 0 Å². The molecular formula is C19H30O4. The lowest BCUT2D eigenvalue weighted by molar-refractivity contribution is 0.0824. The molecule has 0 amide bonds. The molecule has 0 aliphatic carbocycles. The summed E-state index contributed by atoms with van der Waals surface area (Å²) in [5, 5.41) is 10.7. The Morgan fingerprint density at radius 3 is 2.48 bits per heavy atom. The van der Waals surface area contributed by atoms with Crippen LogP contribution in [-0.4, -0.2) is 32.5 Å². The van der Waals surface area contributed by atoms with E-state index < -0.39 is 6.10 Å². The van der Waals surface area contributed by atoms with Crippen LogP contribution in [0.1, 0.15) is 38.4 Å². The molecule has 0 aromatic heterocycles. The molecule has 1 N–H and O–H groups in total. The summed E-state index contributed by atoms with van der Waals surface area (Å²) in [6, 6.07) is 5.61. The van der Waals surface area contributed by atoms with Crippen LogP contribution in [0.3, 0.4) is 0 Å². The number of ether oxygens (including phenoxy) is 3. The first-order chi connectivity index (χ1) is 11.0. The Balaban J connectivity index is 2.91. The number of hydrogen-bond donors (Lipinski definition) is 1. The number of rotatable bonds is 11. The van der Waals surface area contributed by atoms with Crippen LogP contribution in [0.2, 0.25) is 0 Å². The third kappa shape index (κ3) is 5.88. The van der Waals surface area contributed by atoms with Crippen molar-refractivity contribution in [2.24, 2.45) is 11.8 Å². The Kier molecular flexibility index (Phi) is 8.74. The maximum atomic E-state index is 10.7. The molecule has 0 radical (unpaired) electrons. The summed E-state index contributed by atoms with van der Waals surface area (Å²) in [5.41, 5.74) is 0.841. The van der Waals surface area contributed by atoms with E-state index in [1.54, 1.807) is 14.2 Å². The van der Waals surface area contributed by atoms with Gasteiger partial charge in [0, 0.05) is 20.1 Å². The fraction of sp³-hybridized carbons (Fsp3) is 0.579. The second kappa shape index (κ2) is 10.3. The van der Waals surface area contributed by atoms with Gasteiger partial charge in [-0.05, 0) is 36.0 Å². The third-order valence-electron chi connectivity index (χ3n) is 3.98. The quantitative estimate of drug-likeness (QED) is 0.494. The molecule has 0 bridgehead atoms. The van der Waals surface area contributed by atoms with Gasteiger partial charge < -0.3 is 19.3 Å². The first kappa shape index (κ1) is 19.5. The largest absolute Gasteiger partial charge is 0.493 e. The van der Waals surface area contributed by atoms with Crippen molar-refractivity contribution in [3.63, 3.8) is 0 Å². The fourth-order valence-corrected chi connectivity index (χ4v) is 2.58. The third-order valence-corrected chi connectivity index (χ3v) is 3.98. The normalized spacial score (nSPS) is 13.7. The van der Waals surface area contributed by atoms with Crippen LogP contribution in [0, 0.1) is 11.8 Å². The number of hydrogen-bond acceptors (Lipinski definition) is 4. The Morgan fingerprint density at radius 1 is 1.17 bits per heavy atom. The number of benzene rings is 1. The van der Waals surface area contributed by atoms with Gasteiger partial charge in [-0.2, -0.15) is 0 Å². The second-order valence-corrected chi connectivity index (χ2v) is 5.98. The van der Waals surface area contributed by atoms with E-state index in [9.17, 15) is 5.11 Å². The standard InChI is InChI=1S/C19H30O4/c1-6-8-16(14(2)3)19(20)15-9-10-17(22-5)18(13-15)23-12-7-11-21-4/h6,9-10,13-14,16,19-20H,1,7-8,11-12H2,2-5H3/t16-,19?/m0/s1. The van der Waals surface area contributed by atoms with Gasteiger partial charge >= 0.3 is 0 Å². The maximum Gasteiger partial charge on any atom is 0.161 e. The van der Waals surface area contributed by atoms with E-state index >= 15 is 0 Å². The maximum absolute atomic E-state index is 10.7.